The van der Waals surface area contributed by atoms with Gasteiger partial charge in [-0.15, -0.1) is 0 Å². The molecule has 0 spiro atoms. The van der Waals surface area contributed by atoms with E-state index < -0.39 is 15.7 Å². The quantitative estimate of drug-likeness (QED) is 0.587. The molecule has 3 aromatic rings. The lowest BCUT2D eigenvalue weighted by Crippen LogP contribution is -2.40. The molecular weight excluding hydrogens is 433 g/mol. The predicted octanol–water partition coefficient (Wildman–Crippen LogP) is 4.17. The van der Waals surface area contributed by atoms with Crippen LogP contribution in [0.15, 0.2) is 53.7 Å². The summed E-state index contributed by atoms with van der Waals surface area (Å²) in [6.45, 7) is 3.51. The Morgan fingerprint density at radius 3 is 2.38 bits per heavy atom. The standard InChI is InChI=1S/C23H22FN3O4S/c1-14-4-9-20-21(27(14)15(2)28)11-10-19(16-5-7-18(8-6-16)32(3,29)30)22(20)31-23-25-12-17(24)13-26-23/h5-8,10-14H,4,9H2,1-3H3/t14-/m0/s1. The molecule has 7 nitrogen and oxygen atoms in total. The number of hydrogen-bond acceptors (Lipinski definition) is 6. The molecule has 4 rings (SSSR count). The summed E-state index contributed by atoms with van der Waals surface area (Å²) in [6.07, 6.45) is 4.58. The average Bonchev–Trinajstić information content (AvgIpc) is 2.74. The zero-order valence-corrected chi connectivity index (χ0v) is 18.7. The fourth-order valence-electron chi connectivity index (χ4n) is 3.95. The first kappa shape index (κ1) is 21.9. The Bertz CT molecular complexity index is 1280. The number of carbonyl (C=O) groups is 1. The van der Waals surface area contributed by atoms with Crippen molar-refractivity contribution >= 4 is 21.4 Å². The van der Waals surface area contributed by atoms with Crippen LogP contribution in [0.1, 0.15) is 25.8 Å². The van der Waals surface area contributed by atoms with Gasteiger partial charge in [0, 0.05) is 30.3 Å². The van der Waals surface area contributed by atoms with E-state index in [1.165, 1.54) is 19.1 Å². The second-order valence-corrected chi connectivity index (χ2v) is 9.81. The first-order valence-corrected chi connectivity index (χ1v) is 12.0. The van der Waals surface area contributed by atoms with Gasteiger partial charge in [0.15, 0.2) is 15.7 Å². The molecule has 0 aliphatic carbocycles. The van der Waals surface area contributed by atoms with E-state index >= 15 is 0 Å². The zero-order chi connectivity index (χ0) is 23.0. The van der Waals surface area contributed by atoms with Crippen molar-refractivity contribution in [1.82, 2.24) is 9.97 Å². The molecule has 0 radical (unpaired) electrons. The first-order valence-electron chi connectivity index (χ1n) is 10.1. The number of nitrogens with zero attached hydrogens (tertiary/aromatic N) is 3. The molecule has 9 heteroatoms. The van der Waals surface area contributed by atoms with Crippen molar-refractivity contribution in [2.75, 3.05) is 11.2 Å². The minimum atomic E-state index is -3.33. The number of benzene rings is 2. The third-order valence-electron chi connectivity index (χ3n) is 5.47. The molecule has 0 saturated carbocycles. The van der Waals surface area contributed by atoms with Crippen molar-refractivity contribution in [3.8, 4) is 22.9 Å². The number of rotatable bonds is 4. The van der Waals surface area contributed by atoms with Gasteiger partial charge in [0.25, 0.3) is 0 Å². The van der Waals surface area contributed by atoms with Crippen molar-refractivity contribution < 1.29 is 22.3 Å². The number of hydrogen-bond donors (Lipinski definition) is 0. The van der Waals surface area contributed by atoms with Gasteiger partial charge in [-0.1, -0.05) is 12.1 Å². The Labute approximate surface area is 185 Å². The monoisotopic (exact) mass is 455 g/mol. The Hall–Kier alpha value is -3.33. The number of carbonyl (C=O) groups excluding carboxylic acids is 1. The van der Waals surface area contributed by atoms with Crippen LogP contribution in [-0.2, 0) is 21.1 Å². The van der Waals surface area contributed by atoms with Crippen LogP contribution in [0.2, 0.25) is 0 Å². The van der Waals surface area contributed by atoms with Crippen LogP contribution in [0.4, 0.5) is 10.1 Å². The molecule has 1 aliphatic heterocycles. The van der Waals surface area contributed by atoms with Crippen molar-refractivity contribution in [3.63, 3.8) is 0 Å². The molecule has 2 heterocycles. The minimum absolute atomic E-state index is 0.0261. The van der Waals surface area contributed by atoms with Crippen LogP contribution in [0, 0.1) is 5.82 Å². The molecule has 1 aliphatic rings. The lowest BCUT2D eigenvalue weighted by atomic mass is 9.91. The fraction of sp³-hybridized carbons (Fsp3) is 0.261. The summed E-state index contributed by atoms with van der Waals surface area (Å²) in [6, 6.07) is 10.2. The normalized spacial score (nSPS) is 15.9. The molecule has 0 fully saturated rings. The Kier molecular flexibility index (Phi) is 5.68. The third-order valence-corrected chi connectivity index (χ3v) is 6.60. The van der Waals surface area contributed by atoms with Gasteiger partial charge < -0.3 is 9.64 Å². The largest absolute Gasteiger partial charge is 0.423 e. The van der Waals surface area contributed by atoms with E-state index in [0.29, 0.717) is 17.7 Å². The number of anilines is 1. The average molecular weight is 456 g/mol. The van der Waals surface area contributed by atoms with Crippen LogP contribution in [0.3, 0.4) is 0 Å². The summed E-state index contributed by atoms with van der Waals surface area (Å²) in [5.41, 5.74) is 2.97. The zero-order valence-electron chi connectivity index (χ0n) is 17.9. The number of halogens is 1. The van der Waals surface area contributed by atoms with Gasteiger partial charge in [-0.2, -0.15) is 0 Å². The van der Waals surface area contributed by atoms with E-state index in [-0.39, 0.29) is 22.9 Å². The fourth-order valence-corrected chi connectivity index (χ4v) is 4.58. The molecule has 2 aromatic carbocycles. The van der Waals surface area contributed by atoms with E-state index in [4.69, 9.17) is 4.74 Å². The van der Waals surface area contributed by atoms with Gasteiger partial charge in [-0.25, -0.2) is 22.8 Å². The molecular formula is C23H22FN3O4S. The van der Waals surface area contributed by atoms with Crippen molar-refractivity contribution in [1.29, 1.82) is 0 Å². The Morgan fingerprint density at radius 1 is 1.12 bits per heavy atom. The lowest BCUT2D eigenvalue weighted by Gasteiger charge is -2.35. The van der Waals surface area contributed by atoms with Crippen LogP contribution in [-0.4, -0.2) is 36.6 Å². The van der Waals surface area contributed by atoms with Crippen LogP contribution in [0.5, 0.6) is 11.8 Å². The topological polar surface area (TPSA) is 89.5 Å². The van der Waals surface area contributed by atoms with E-state index in [1.54, 1.807) is 17.0 Å². The van der Waals surface area contributed by atoms with E-state index in [0.717, 1.165) is 41.9 Å². The van der Waals surface area contributed by atoms with Gasteiger partial charge in [-0.05, 0) is 49.6 Å². The highest BCUT2D eigenvalue weighted by Gasteiger charge is 2.30. The number of sulfone groups is 1. The van der Waals surface area contributed by atoms with E-state index in [1.807, 2.05) is 19.1 Å². The van der Waals surface area contributed by atoms with Crippen LogP contribution >= 0.6 is 0 Å². The summed E-state index contributed by atoms with van der Waals surface area (Å²) in [5, 5.41) is 0. The summed E-state index contributed by atoms with van der Waals surface area (Å²) < 4.78 is 43.0. The third kappa shape index (κ3) is 4.20. The Morgan fingerprint density at radius 2 is 1.78 bits per heavy atom. The summed E-state index contributed by atoms with van der Waals surface area (Å²) in [5.74, 6) is -0.201. The van der Waals surface area contributed by atoms with Crippen LogP contribution < -0.4 is 9.64 Å². The maximum atomic E-state index is 13.3. The maximum absolute atomic E-state index is 13.3. The SMILES string of the molecule is CC(=O)N1c2ccc(-c3ccc(S(C)(=O)=O)cc3)c(Oc3ncc(F)cn3)c2CC[C@@H]1C. The highest BCUT2D eigenvalue weighted by Crippen LogP contribution is 2.44. The summed E-state index contributed by atoms with van der Waals surface area (Å²) >= 11 is 0. The summed E-state index contributed by atoms with van der Waals surface area (Å²) in [4.78, 5) is 22.1. The highest BCUT2D eigenvalue weighted by molar-refractivity contribution is 7.90. The molecule has 1 aromatic heterocycles. The Balaban J connectivity index is 1.88. The van der Waals surface area contributed by atoms with Crippen molar-refractivity contribution in [2.24, 2.45) is 0 Å². The predicted molar refractivity (Wildman–Crippen MR) is 118 cm³/mol. The molecule has 0 unspecified atom stereocenters. The van der Waals surface area contributed by atoms with Crippen molar-refractivity contribution in [2.45, 2.75) is 37.6 Å². The maximum Gasteiger partial charge on any atom is 0.322 e. The highest BCUT2D eigenvalue weighted by atomic mass is 32.2. The molecule has 0 N–H and O–H groups in total. The molecule has 0 saturated heterocycles. The smallest absolute Gasteiger partial charge is 0.322 e. The number of fused-ring (bicyclic) bond motifs is 1. The second-order valence-electron chi connectivity index (χ2n) is 7.80. The number of aromatic nitrogens is 2. The van der Waals surface area contributed by atoms with Crippen LogP contribution in [0.25, 0.3) is 11.1 Å². The second kappa shape index (κ2) is 8.31. The first-order chi connectivity index (χ1) is 15.1. The number of amides is 1. The van der Waals surface area contributed by atoms with E-state index in [9.17, 15) is 17.6 Å². The van der Waals surface area contributed by atoms with Gasteiger partial charge >= 0.3 is 6.01 Å². The number of ether oxygens (including phenoxy) is 1. The van der Waals surface area contributed by atoms with Gasteiger partial charge in [0.1, 0.15) is 5.75 Å². The molecule has 32 heavy (non-hydrogen) atoms. The molecule has 0 bridgehead atoms. The van der Waals surface area contributed by atoms with E-state index in [2.05, 4.69) is 9.97 Å². The summed E-state index contributed by atoms with van der Waals surface area (Å²) in [7, 11) is -3.33. The minimum Gasteiger partial charge on any atom is -0.423 e. The lowest BCUT2D eigenvalue weighted by molar-refractivity contribution is -0.117. The van der Waals surface area contributed by atoms with Gasteiger partial charge in [0.05, 0.1) is 23.0 Å². The molecule has 166 valence electrons. The molecule has 1 atom stereocenters. The van der Waals surface area contributed by atoms with Crippen molar-refractivity contribution in [3.05, 3.63) is 60.2 Å². The molecule has 1 amide bonds. The van der Waals surface area contributed by atoms with Gasteiger partial charge in [-0.3, -0.25) is 4.79 Å². The van der Waals surface area contributed by atoms with Gasteiger partial charge in [0.2, 0.25) is 5.91 Å².